The first-order valence-corrected chi connectivity index (χ1v) is 12.0. The van der Waals surface area contributed by atoms with Crippen LogP contribution in [0.1, 0.15) is 58.2 Å². The molecule has 0 saturated heterocycles. The van der Waals surface area contributed by atoms with Crippen molar-refractivity contribution in [3.63, 3.8) is 0 Å². The molecule has 0 aromatic heterocycles. The van der Waals surface area contributed by atoms with E-state index < -0.39 is 0 Å². The number of rotatable bonds is 10. The molecular weight excluding hydrogens is 439 g/mol. The molecule has 1 aliphatic heterocycles. The van der Waals surface area contributed by atoms with E-state index in [-0.39, 0.29) is 30.1 Å². The Morgan fingerprint density at radius 3 is 2.66 bits per heavy atom. The molecule has 6 heteroatoms. The monoisotopic (exact) mass is 478 g/mol. The molecule has 2 N–H and O–H groups in total. The molecule has 35 heavy (non-hydrogen) atoms. The number of carbonyl (C=O) groups excluding carboxylic acids is 1. The summed E-state index contributed by atoms with van der Waals surface area (Å²) < 4.78 is 13.9. The van der Waals surface area contributed by atoms with Gasteiger partial charge in [0.2, 0.25) is 5.91 Å². The zero-order chi connectivity index (χ0) is 26.1. The maximum absolute atomic E-state index is 13.9. The fourth-order valence-electron chi connectivity index (χ4n) is 3.61. The van der Waals surface area contributed by atoms with Gasteiger partial charge in [-0.2, -0.15) is 0 Å². The Balaban J connectivity index is 2.11. The van der Waals surface area contributed by atoms with Gasteiger partial charge < -0.3 is 15.5 Å². The standard InChI is InChI=1S/C29H39FN4O/c1-9-23(14-27(30)19(3)4)15-29(35)33-24-12-11-20(5)26(16-24)22(7)32-25-13-21(6)28(31-17-25)18-34(8)10-2/h9,11-14,16-18,21-22,32H,1,10,15H2,2-8H3,(H,33,35)/b23-14+,28-18+/t21?,22-/m0/s1. The van der Waals surface area contributed by atoms with E-state index in [0.29, 0.717) is 16.8 Å². The quantitative estimate of drug-likeness (QED) is 0.366. The molecule has 0 aliphatic carbocycles. The van der Waals surface area contributed by atoms with E-state index in [4.69, 9.17) is 0 Å². The normalized spacial score (nSPS) is 17.5. The average molecular weight is 479 g/mol. The molecule has 0 bridgehead atoms. The van der Waals surface area contributed by atoms with Crippen molar-refractivity contribution < 1.29 is 9.18 Å². The first kappa shape index (κ1) is 27.8. The second-order valence-corrected chi connectivity index (χ2v) is 9.23. The maximum atomic E-state index is 13.9. The molecule has 1 heterocycles. The number of nitrogens with one attached hydrogen (secondary N) is 2. The summed E-state index contributed by atoms with van der Waals surface area (Å²) >= 11 is 0. The van der Waals surface area contributed by atoms with Gasteiger partial charge in [-0.25, -0.2) is 4.39 Å². The topological polar surface area (TPSA) is 56.7 Å². The number of dihydropyridines is 1. The zero-order valence-corrected chi connectivity index (χ0v) is 22.1. The Bertz CT molecular complexity index is 1090. The summed E-state index contributed by atoms with van der Waals surface area (Å²) in [6.45, 7) is 16.4. The van der Waals surface area contributed by atoms with Gasteiger partial charge in [0.05, 0.1) is 18.3 Å². The summed E-state index contributed by atoms with van der Waals surface area (Å²) in [6, 6.07) is 5.85. The number of carbonyl (C=O) groups is 1. The molecule has 0 spiro atoms. The summed E-state index contributed by atoms with van der Waals surface area (Å²) in [5, 5.41) is 6.46. The van der Waals surface area contributed by atoms with E-state index in [1.807, 2.05) is 38.4 Å². The molecule has 188 valence electrons. The van der Waals surface area contributed by atoms with Crippen molar-refractivity contribution in [1.82, 2.24) is 10.2 Å². The number of allylic oxidation sites excluding steroid dienone is 6. The van der Waals surface area contributed by atoms with Crippen LogP contribution >= 0.6 is 0 Å². The van der Waals surface area contributed by atoms with E-state index >= 15 is 0 Å². The van der Waals surface area contributed by atoms with Crippen molar-refractivity contribution in [2.45, 2.75) is 54.0 Å². The van der Waals surface area contributed by atoms with Gasteiger partial charge in [-0.05, 0) is 75.1 Å². The number of nitrogens with zero attached hydrogens (tertiary/aromatic N) is 2. The molecule has 0 radical (unpaired) electrons. The number of hydrogen-bond donors (Lipinski definition) is 2. The van der Waals surface area contributed by atoms with Crippen molar-refractivity contribution in [1.29, 1.82) is 0 Å². The Morgan fingerprint density at radius 2 is 2.06 bits per heavy atom. The van der Waals surface area contributed by atoms with E-state index in [2.05, 4.69) is 60.2 Å². The van der Waals surface area contributed by atoms with Gasteiger partial charge in [-0.3, -0.25) is 9.79 Å². The minimum absolute atomic E-state index is 0.0102. The SMILES string of the molecule is C=C/C(=C\C(F)=C(C)C)CC(=O)Nc1ccc(C)c([C@H](C)NC2=CC(C)/C(=C\N(C)CC)N=C2)c1. The van der Waals surface area contributed by atoms with E-state index in [0.717, 1.165) is 29.1 Å². The lowest BCUT2D eigenvalue weighted by Gasteiger charge is -2.23. The van der Waals surface area contributed by atoms with E-state index in [1.165, 1.54) is 12.2 Å². The molecule has 1 aromatic rings. The highest BCUT2D eigenvalue weighted by molar-refractivity contribution is 5.92. The predicted octanol–water partition coefficient (Wildman–Crippen LogP) is 6.75. The number of aliphatic imine (C=N–C) groups is 1. The lowest BCUT2D eigenvalue weighted by molar-refractivity contribution is -0.115. The Kier molecular flexibility index (Phi) is 10.2. The first-order chi connectivity index (χ1) is 16.5. The van der Waals surface area contributed by atoms with Gasteiger partial charge in [0.25, 0.3) is 0 Å². The van der Waals surface area contributed by atoms with Crippen LogP contribution in [0.3, 0.4) is 0 Å². The van der Waals surface area contributed by atoms with Crippen molar-refractivity contribution in [2.24, 2.45) is 10.9 Å². The van der Waals surface area contributed by atoms with Crippen LogP contribution in [0.15, 0.2) is 82.6 Å². The van der Waals surface area contributed by atoms with E-state index in [1.54, 1.807) is 13.8 Å². The predicted molar refractivity (Wildman–Crippen MR) is 146 cm³/mol. The minimum Gasteiger partial charge on any atom is -0.379 e. The highest BCUT2D eigenvalue weighted by Crippen LogP contribution is 2.25. The lowest BCUT2D eigenvalue weighted by Crippen LogP contribution is -2.23. The molecule has 5 nitrogen and oxygen atoms in total. The molecule has 1 unspecified atom stereocenters. The van der Waals surface area contributed by atoms with Crippen LogP contribution < -0.4 is 10.6 Å². The highest BCUT2D eigenvalue weighted by atomic mass is 19.1. The molecule has 2 atom stereocenters. The van der Waals surface area contributed by atoms with Crippen LogP contribution in [-0.2, 0) is 4.79 Å². The smallest absolute Gasteiger partial charge is 0.228 e. The van der Waals surface area contributed by atoms with Gasteiger partial charge >= 0.3 is 0 Å². The van der Waals surface area contributed by atoms with Crippen LogP contribution in [0.25, 0.3) is 0 Å². The summed E-state index contributed by atoms with van der Waals surface area (Å²) in [4.78, 5) is 19.3. The lowest BCUT2D eigenvalue weighted by atomic mass is 10.00. The van der Waals surface area contributed by atoms with Gasteiger partial charge in [0, 0.05) is 43.1 Å². The molecular formula is C29H39FN4O. The van der Waals surface area contributed by atoms with Crippen molar-refractivity contribution in [3.05, 3.63) is 88.7 Å². The summed E-state index contributed by atoms with van der Waals surface area (Å²) in [7, 11) is 2.04. The molecule has 1 amide bonds. The highest BCUT2D eigenvalue weighted by Gasteiger charge is 2.16. The zero-order valence-electron chi connectivity index (χ0n) is 22.1. The van der Waals surface area contributed by atoms with Crippen LogP contribution in [0, 0.1) is 12.8 Å². The third kappa shape index (κ3) is 8.39. The second kappa shape index (κ2) is 12.9. The third-order valence-corrected chi connectivity index (χ3v) is 5.93. The van der Waals surface area contributed by atoms with E-state index in [9.17, 15) is 9.18 Å². The second-order valence-electron chi connectivity index (χ2n) is 9.23. The van der Waals surface area contributed by atoms with Gasteiger partial charge in [0.1, 0.15) is 5.83 Å². The van der Waals surface area contributed by atoms with Crippen LogP contribution in [0.5, 0.6) is 0 Å². The van der Waals surface area contributed by atoms with Crippen LogP contribution in [-0.4, -0.2) is 30.6 Å². The van der Waals surface area contributed by atoms with Crippen molar-refractivity contribution >= 4 is 17.8 Å². The number of anilines is 1. The fourth-order valence-corrected chi connectivity index (χ4v) is 3.61. The van der Waals surface area contributed by atoms with Crippen molar-refractivity contribution in [3.8, 4) is 0 Å². The number of hydrogen-bond acceptors (Lipinski definition) is 4. The van der Waals surface area contributed by atoms with Gasteiger partial charge in [0.15, 0.2) is 0 Å². The largest absolute Gasteiger partial charge is 0.379 e. The molecule has 1 aromatic carbocycles. The Hall–Kier alpha value is -3.41. The molecule has 1 aliphatic rings. The number of halogens is 1. The molecule has 0 fully saturated rings. The fraction of sp³-hybridized carbons (Fsp3) is 0.379. The first-order valence-electron chi connectivity index (χ1n) is 12.0. The number of benzene rings is 1. The number of aryl methyl sites for hydroxylation is 1. The summed E-state index contributed by atoms with van der Waals surface area (Å²) in [5.74, 6) is -0.362. The molecule has 2 rings (SSSR count). The van der Waals surface area contributed by atoms with Gasteiger partial charge in [-0.15, -0.1) is 0 Å². The maximum Gasteiger partial charge on any atom is 0.228 e. The Morgan fingerprint density at radius 1 is 1.34 bits per heavy atom. The Labute approximate surface area is 209 Å². The van der Waals surface area contributed by atoms with Crippen LogP contribution in [0.4, 0.5) is 10.1 Å². The van der Waals surface area contributed by atoms with Crippen LogP contribution in [0.2, 0.25) is 0 Å². The molecule has 0 saturated carbocycles. The average Bonchev–Trinajstić information content (AvgIpc) is 2.81. The number of amides is 1. The van der Waals surface area contributed by atoms with Crippen molar-refractivity contribution in [2.75, 3.05) is 18.9 Å². The van der Waals surface area contributed by atoms with Gasteiger partial charge in [-0.1, -0.05) is 31.7 Å². The summed E-state index contributed by atoms with van der Waals surface area (Å²) in [5.41, 5.74) is 5.98. The minimum atomic E-state index is -0.347. The third-order valence-electron chi connectivity index (χ3n) is 5.93. The summed E-state index contributed by atoms with van der Waals surface area (Å²) in [6.07, 6.45) is 9.03.